The number of nitrogens with one attached hydrogen (secondary N) is 1. The number of nitrogens with two attached hydrogens (primary N) is 1. The second-order valence-corrected chi connectivity index (χ2v) is 5.28. The third kappa shape index (κ3) is 4.84. The highest BCUT2D eigenvalue weighted by atomic mass is 35.5. The minimum absolute atomic E-state index is 0. The van der Waals surface area contributed by atoms with Crippen LogP contribution in [0.4, 0.5) is 0 Å². The molecule has 4 atom stereocenters. The van der Waals surface area contributed by atoms with Crippen LogP contribution in [0.5, 0.6) is 0 Å². The highest BCUT2D eigenvalue weighted by Gasteiger charge is 2.29. The summed E-state index contributed by atoms with van der Waals surface area (Å²) in [6.45, 7) is 6.56. The van der Waals surface area contributed by atoms with Crippen LogP contribution in [0, 0.1) is 11.8 Å². The van der Waals surface area contributed by atoms with Gasteiger partial charge in [-0.2, -0.15) is 0 Å². The Kier molecular flexibility index (Phi) is 7.80. The molecule has 0 saturated heterocycles. The lowest BCUT2D eigenvalue weighted by Crippen LogP contribution is -2.49. The molecule has 1 rings (SSSR count). The minimum atomic E-state index is -0.325. The lowest BCUT2D eigenvalue weighted by Gasteiger charge is -2.35. The first-order chi connectivity index (χ1) is 7.56. The fourth-order valence-electron chi connectivity index (χ4n) is 2.52. The first-order valence-electron chi connectivity index (χ1n) is 6.62. The fraction of sp³-hybridized carbons (Fsp3) is 0.923. The van der Waals surface area contributed by atoms with Gasteiger partial charge in [0.15, 0.2) is 0 Å². The summed E-state index contributed by atoms with van der Waals surface area (Å²) in [7, 11) is 0. The van der Waals surface area contributed by atoms with Crippen LogP contribution in [-0.4, -0.2) is 18.0 Å². The van der Waals surface area contributed by atoms with Crippen LogP contribution in [0.15, 0.2) is 0 Å². The van der Waals surface area contributed by atoms with E-state index >= 15 is 0 Å². The van der Waals surface area contributed by atoms with E-state index in [-0.39, 0.29) is 24.4 Å². The first-order valence-corrected chi connectivity index (χ1v) is 6.62. The lowest BCUT2D eigenvalue weighted by atomic mass is 9.78. The van der Waals surface area contributed by atoms with Crippen LogP contribution in [0.2, 0.25) is 0 Å². The topological polar surface area (TPSA) is 55.1 Å². The molecular formula is C13H27ClN2O. The number of rotatable bonds is 4. The Bertz CT molecular complexity index is 235. The summed E-state index contributed by atoms with van der Waals surface area (Å²) in [6, 6.07) is 0.00795. The number of halogens is 1. The minimum Gasteiger partial charge on any atom is -0.352 e. The van der Waals surface area contributed by atoms with Gasteiger partial charge in [-0.1, -0.05) is 40.0 Å². The molecule has 1 fully saturated rings. The highest BCUT2D eigenvalue weighted by Crippen LogP contribution is 2.29. The van der Waals surface area contributed by atoms with Gasteiger partial charge in [0, 0.05) is 6.04 Å². The zero-order valence-corrected chi connectivity index (χ0v) is 12.1. The standard InChI is InChI=1S/C13H26N2O.ClH/c1-4-6-11(14)13(16)15-12-8-5-7-9(2)10(12)3;/h9-12H,4-8,14H2,1-3H3,(H,15,16);1H. The van der Waals surface area contributed by atoms with E-state index in [0.29, 0.717) is 17.9 Å². The second kappa shape index (κ2) is 7.93. The Morgan fingerprint density at radius 3 is 2.65 bits per heavy atom. The molecule has 0 aromatic carbocycles. The third-order valence-corrected chi connectivity index (χ3v) is 3.97. The summed E-state index contributed by atoms with van der Waals surface area (Å²) in [4.78, 5) is 11.8. The molecule has 4 unspecified atom stereocenters. The van der Waals surface area contributed by atoms with Crippen LogP contribution < -0.4 is 11.1 Å². The molecule has 3 N–H and O–H groups in total. The van der Waals surface area contributed by atoms with E-state index in [2.05, 4.69) is 26.1 Å². The van der Waals surface area contributed by atoms with E-state index in [0.717, 1.165) is 19.3 Å². The predicted octanol–water partition coefficient (Wildman–Crippen LogP) is 2.48. The van der Waals surface area contributed by atoms with Gasteiger partial charge in [-0.15, -0.1) is 12.4 Å². The molecule has 0 spiro atoms. The lowest BCUT2D eigenvalue weighted by molar-refractivity contribution is -0.124. The van der Waals surface area contributed by atoms with E-state index in [1.54, 1.807) is 0 Å². The van der Waals surface area contributed by atoms with Gasteiger partial charge in [0.25, 0.3) is 0 Å². The van der Waals surface area contributed by atoms with E-state index < -0.39 is 0 Å². The van der Waals surface area contributed by atoms with Crippen molar-refractivity contribution in [3.8, 4) is 0 Å². The van der Waals surface area contributed by atoms with Crippen molar-refractivity contribution in [2.75, 3.05) is 0 Å². The summed E-state index contributed by atoms with van der Waals surface area (Å²) >= 11 is 0. The largest absolute Gasteiger partial charge is 0.352 e. The van der Waals surface area contributed by atoms with Gasteiger partial charge < -0.3 is 11.1 Å². The number of carbonyl (C=O) groups excluding carboxylic acids is 1. The molecule has 1 amide bonds. The maximum Gasteiger partial charge on any atom is 0.237 e. The van der Waals surface area contributed by atoms with E-state index in [1.165, 1.54) is 12.8 Å². The van der Waals surface area contributed by atoms with Gasteiger partial charge in [-0.3, -0.25) is 4.79 Å². The second-order valence-electron chi connectivity index (χ2n) is 5.28. The van der Waals surface area contributed by atoms with Crippen LogP contribution in [0.25, 0.3) is 0 Å². The van der Waals surface area contributed by atoms with Gasteiger partial charge in [0.1, 0.15) is 0 Å². The number of hydrogen-bond acceptors (Lipinski definition) is 2. The van der Waals surface area contributed by atoms with Crippen LogP contribution in [-0.2, 0) is 4.79 Å². The Balaban J connectivity index is 0.00000256. The number of hydrogen-bond donors (Lipinski definition) is 2. The van der Waals surface area contributed by atoms with Crippen molar-refractivity contribution in [1.29, 1.82) is 0 Å². The van der Waals surface area contributed by atoms with Crippen LogP contribution in [0.3, 0.4) is 0 Å². The van der Waals surface area contributed by atoms with Crippen molar-refractivity contribution in [2.24, 2.45) is 17.6 Å². The molecule has 0 aromatic rings. The fourth-order valence-corrected chi connectivity index (χ4v) is 2.52. The van der Waals surface area contributed by atoms with Gasteiger partial charge in [-0.25, -0.2) is 0 Å². The van der Waals surface area contributed by atoms with Crippen LogP contribution in [0.1, 0.15) is 52.9 Å². The van der Waals surface area contributed by atoms with Gasteiger partial charge >= 0.3 is 0 Å². The summed E-state index contributed by atoms with van der Waals surface area (Å²) in [5.41, 5.74) is 5.81. The molecule has 17 heavy (non-hydrogen) atoms. The highest BCUT2D eigenvalue weighted by molar-refractivity contribution is 5.85. The molecule has 0 aliphatic heterocycles. The molecule has 0 aromatic heterocycles. The van der Waals surface area contributed by atoms with Crippen molar-refractivity contribution in [2.45, 2.75) is 65.0 Å². The smallest absolute Gasteiger partial charge is 0.237 e. The predicted molar refractivity (Wildman–Crippen MR) is 74.2 cm³/mol. The molecule has 102 valence electrons. The zero-order valence-electron chi connectivity index (χ0n) is 11.2. The normalized spacial score (nSPS) is 30.2. The Hall–Kier alpha value is -0.280. The van der Waals surface area contributed by atoms with E-state index in [9.17, 15) is 4.79 Å². The monoisotopic (exact) mass is 262 g/mol. The van der Waals surface area contributed by atoms with Gasteiger partial charge in [0.05, 0.1) is 6.04 Å². The number of amides is 1. The molecule has 1 aliphatic carbocycles. The van der Waals surface area contributed by atoms with E-state index in [4.69, 9.17) is 5.73 Å². The SMILES string of the molecule is CCCC(N)C(=O)NC1CCCC(C)C1C.Cl. The number of carbonyl (C=O) groups is 1. The average molecular weight is 263 g/mol. The Labute approximate surface area is 111 Å². The van der Waals surface area contributed by atoms with Gasteiger partial charge in [-0.05, 0) is 24.7 Å². The van der Waals surface area contributed by atoms with Crippen molar-refractivity contribution in [1.82, 2.24) is 5.32 Å². The van der Waals surface area contributed by atoms with Crippen molar-refractivity contribution >= 4 is 18.3 Å². The Morgan fingerprint density at radius 1 is 1.41 bits per heavy atom. The molecule has 1 saturated carbocycles. The summed E-state index contributed by atoms with van der Waals surface area (Å²) in [6.07, 6.45) is 5.36. The summed E-state index contributed by atoms with van der Waals surface area (Å²) in [5, 5.41) is 3.12. The summed E-state index contributed by atoms with van der Waals surface area (Å²) < 4.78 is 0. The van der Waals surface area contributed by atoms with Crippen molar-refractivity contribution < 1.29 is 4.79 Å². The van der Waals surface area contributed by atoms with Gasteiger partial charge in [0.2, 0.25) is 5.91 Å². The first kappa shape index (κ1) is 16.7. The average Bonchev–Trinajstić information content (AvgIpc) is 2.25. The maximum atomic E-state index is 11.8. The van der Waals surface area contributed by atoms with Crippen LogP contribution >= 0.6 is 12.4 Å². The quantitative estimate of drug-likeness (QED) is 0.818. The maximum absolute atomic E-state index is 11.8. The molecule has 0 radical (unpaired) electrons. The van der Waals surface area contributed by atoms with E-state index in [1.807, 2.05) is 0 Å². The van der Waals surface area contributed by atoms with Crippen molar-refractivity contribution in [3.05, 3.63) is 0 Å². The zero-order chi connectivity index (χ0) is 12.1. The molecule has 0 heterocycles. The molecule has 0 bridgehead atoms. The molecule has 1 aliphatic rings. The Morgan fingerprint density at radius 2 is 2.06 bits per heavy atom. The molecule has 3 nitrogen and oxygen atoms in total. The third-order valence-electron chi connectivity index (χ3n) is 3.97. The molecule has 4 heteroatoms. The molecular weight excluding hydrogens is 236 g/mol. The van der Waals surface area contributed by atoms with Crippen molar-refractivity contribution in [3.63, 3.8) is 0 Å². The summed E-state index contributed by atoms with van der Waals surface area (Å²) in [5.74, 6) is 1.32.